The molecule has 0 fully saturated rings. The number of anilines is 1. The van der Waals surface area contributed by atoms with E-state index in [4.69, 9.17) is 14.2 Å². The zero-order chi connectivity index (χ0) is 16.8. The van der Waals surface area contributed by atoms with Crippen LogP contribution in [0.3, 0.4) is 0 Å². The van der Waals surface area contributed by atoms with Crippen molar-refractivity contribution in [3.63, 3.8) is 0 Å². The van der Waals surface area contributed by atoms with Gasteiger partial charge in [-0.3, -0.25) is 9.59 Å². The number of methoxy groups -OCH3 is 2. The monoisotopic (exact) mass is 315 g/mol. The van der Waals surface area contributed by atoms with Gasteiger partial charge in [-0.1, -0.05) is 6.07 Å². The summed E-state index contributed by atoms with van der Waals surface area (Å²) in [6.07, 6.45) is 0. The van der Waals surface area contributed by atoms with Gasteiger partial charge in [0, 0.05) is 18.6 Å². The Kier molecular flexibility index (Phi) is 5.19. The van der Waals surface area contributed by atoms with Crippen molar-refractivity contribution >= 4 is 17.6 Å². The van der Waals surface area contributed by atoms with Gasteiger partial charge in [-0.25, -0.2) is 0 Å². The van der Waals surface area contributed by atoms with Gasteiger partial charge in [0.05, 0.1) is 19.9 Å². The quantitative estimate of drug-likeness (QED) is 0.678. The molecule has 2 aromatic carbocycles. The van der Waals surface area contributed by atoms with Gasteiger partial charge >= 0.3 is 5.97 Å². The van der Waals surface area contributed by atoms with Crippen LogP contribution in [0.25, 0.3) is 0 Å². The second-order valence-electron chi connectivity index (χ2n) is 4.64. The fourth-order valence-corrected chi connectivity index (χ4v) is 1.97. The summed E-state index contributed by atoms with van der Waals surface area (Å²) in [4.78, 5) is 23.4. The predicted molar refractivity (Wildman–Crippen MR) is 85.3 cm³/mol. The van der Waals surface area contributed by atoms with Gasteiger partial charge < -0.3 is 19.5 Å². The number of rotatable bonds is 5. The number of hydrogen-bond donors (Lipinski definition) is 1. The molecule has 0 aliphatic rings. The number of nitrogens with one attached hydrogen (secondary N) is 1. The van der Waals surface area contributed by atoms with E-state index in [0.717, 1.165) is 0 Å². The van der Waals surface area contributed by atoms with E-state index in [9.17, 15) is 9.59 Å². The molecule has 0 spiro atoms. The molecule has 2 rings (SSSR count). The largest absolute Gasteiger partial charge is 0.497 e. The van der Waals surface area contributed by atoms with E-state index in [2.05, 4.69) is 5.32 Å². The summed E-state index contributed by atoms with van der Waals surface area (Å²) in [5, 5.41) is 2.75. The average molecular weight is 315 g/mol. The summed E-state index contributed by atoms with van der Waals surface area (Å²) >= 11 is 0. The van der Waals surface area contributed by atoms with Crippen molar-refractivity contribution in [3.05, 3.63) is 48.0 Å². The first-order valence-electron chi connectivity index (χ1n) is 6.85. The van der Waals surface area contributed by atoms with Crippen molar-refractivity contribution in [3.8, 4) is 17.2 Å². The van der Waals surface area contributed by atoms with E-state index in [0.29, 0.717) is 28.5 Å². The molecule has 0 unspecified atom stereocenters. The Morgan fingerprint density at radius 3 is 2.39 bits per heavy atom. The van der Waals surface area contributed by atoms with Gasteiger partial charge in [0.15, 0.2) is 0 Å². The van der Waals surface area contributed by atoms with E-state index >= 15 is 0 Å². The second kappa shape index (κ2) is 7.31. The molecule has 1 N–H and O–H groups in total. The molecule has 6 nitrogen and oxygen atoms in total. The Labute approximate surface area is 134 Å². The third-order valence-electron chi connectivity index (χ3n) is 3.01. The number of benzene rings is 2. The summed E-state index contributed by atoms with van der Waals surface area (Å²) < 4.78 is 15.3. The van der Waals surface area contributed by atoms with Gasteiger partial charge in [0.25, 0.3) is 5.91 Å². The van der Waals surface area contributed by atoms with Gasteiger partial charge in [-0.15, -0.1) is 0 Å². The summed E-state index contributed by atoms with van der Waals surface area (Å²) in [5.74, 6) is 0.607. The molecule has 0 radical (unpaired) electrons. The molecule has 0 atom stereocenters. The Morgan fingerprint density at radius 2 is 1.74 bits per heavy atom. The minimum absolute atomic E-state index is 0.308. The third kappa shape index (κ3) is 4.23. The minimum Gasteiger partial charge on any atom is -0.497 e. The number of esters is 1. The molecule has 0 aromatic heterocycles. The molecule has 1 amide bonds. The zero-order valence-electron chi connectivity index (χ0n) is 13.1. The first kappa shape index (κ1) is 16.4. The van der Waals surface area contributed by atoms with Crippen LogP contribution >= 0.6 is 0 Å². The summed E-state index contributed by atoms with van der Waals surface area (Å²) in [5.41, 5.74) is 0.836. The maximum absolute atomic E-state index is 12.4. The van der Waals surface area contributed by atoms with Crippen LogP contribution in [0.1, 0.15) is 17.3 Å². The number of ether oxygens (including phenoxy) is 3. The van der Waals surface area contributed by atoms with Crippen molar-refractivity contribution < 1.29 is 23.8 Å². The normalized spacial score (nSPS) is 9.87. The van der Waals surface area contributed by atoms with Gasteiger partial charge in [-0.05, 0) is 30.3 Å². The number of hydrogen-bond acceptors (Lipinski definition) is 5. The molecule has 0 bridgehead atoms. The highest BCUT2D eigenvalue weighted by Crippen LogP contribution is 2.29. The van der Waals surface area contributed by atoms with E-state index in [1.807, 2.05) is 0 Å². The molecule has 0 aliphatic carbocycles. The molecule has 6 heteroatoms. The van der Waals surface area contributed by atoms with Crippen molar-refractivity contribution in [2.24, 2.45) is 0 Å². The van der Waals surface area contributed by atoms with Crippen LogP contribution < -0.4 is 19.5 Å². The van der Waals surface area contributed by atoms with Crippen LogP contribution in [-0.4, -0.2) is 26.1 Å². The van der Waals surface area contributed by atoms with Crippen LogP contribution in [0.2, 0.25) is 0 Å². The highest BCUT2D eigenvalue weighted by Gasteiger charge is 2.12. The lowest BCUT2D eigenvalue weighted by Crippen LogP contribution is -2.13. The average Bonchev–Trinajstić information content (AvgIpc) is 2.54. The molecule has 120 valence electrons. The molecule has 0 saturated heterocycles. The second-order valence-corrected chi connectivity index (χ2v) is 4.64. The Balaban J connectivity index is 2.23. The topological polar surface area (TPSA) is 73.9 Å². The molecule has 0 aliphatic heterocycles. The molecule has 0 saturated carbocycles. The zero-order valence-corrected chi connectivity index (χ0v) is 13.1. The number of carbonyl (C=O) groups is 2. The smallest absolute Gasteiger partial charge is 0.308 e. The van der Waals surface area contributed by atoms with Gasteiger partial charge in [0.2, 0.25) is 0 Å². The highest BCUT2D eigenvalue weighted by atomic mass is 16.5. The van der Waals surface area contributed by atoms with Gasteiger partial charge in [0.1, 0.15) is 17.2 Å². The van der Waals surface area contributed by atoms with E-state index in [-0.39, 0.29) is 5.91 Å². The summed E-state index contributed by atoms with van der Waals surface area (Å²) in [6, 6.07) is 11.4. The molecule has 23 heavy (non-hydrogen) atoms. The number of amides is 1. The Hall–Kier alpha value is -3.02. The van der Waals surface area contributed by atoms with Crippen molar-refractivity contribution in [2.75, 3.05) is 19.5 Å². The lowest BCUT2D eigenvalue weighted by molar-refractivity contribution is -0.131. The lowest BCUT2D eigenvalue weighted by atomic mass is 10.2. The van der Waals surface area contributed by atoms with Crippen LogP contribution in [0, 0.1) is 0 Å². The molecular formula is C17H17NO5. The van der Waals surface area contributed by atoms with Crippen molar-refractivity contribution in [1.82, 2.24) is 0 Å². The predicted octanol–water partition coefficient (Wildman–Crippen LogP) is 2.88. The summed E-state index contributed by atoms with van der Waals surface area (Å²) in [7, 11) is 3.05. The van der Waals surface area contributed by atoms with Crippen LogP contribution in [0.4, 0.5) is 5.69 Å². The first-order chi connectivity index (χ1) is 11.0. The fraction of sp³-hybridized carbons (Fsp3) is 0.176. The summed E-state index contributed by atoms with van der Waals surface area (Å²) in [6.45, 7) is 1.30. The standard InChI is InChI=1S/C17H17NO5/c1-11(19)23-14-6-4-5-12(9-14)17(20)18-15-10-13(21-2)7-8-16(15)22-3/h4-10H,1-3H3,(H,18,20). The molecular weight excluding hydrogens is 298 g/mol. The van der Waals surface area contributed by atoms with E-state index in [1.165, 1.54) is 27.2 Å². The molecule has 2 aromatic rings. The van der Waals surface area contributed by atoms with E-state index in [1.54, 1.807) is 36.4 Å². The number of carbonyl (C=O) groups excluding carboxylic acids is 2. The van der Waals surface area contributed by atoms with Crippen LogP contribution in [0.15, 0.2) is 42.5 Å². The lowest BCUT2D eigenvalue weighted by Gasteiger charge is -2.12. The Morgan fingerprint density at radius 1 is 0.957 bits per heavy atom. The Bertz CT molecular complexity index is 727. The van der Waals surface area contributed by atoms with E-state index < -0.39 is 5.97 Å². The van der Waals surface area contributed by atoms with Crippen LogP contribution in [-0.2, 0) is 4.79 Å². The van der Waals surface area contributed by atoms with Gasteiger partial charge in [-0.2, -0.15) is 0 Å². The maximum atomic E-state index is 12.4. The van der Waals surface area contributed by atoms with Crippen molar-refractivity contribution in [2.45, 2.75) is 6.92 Å². The fourth-order valence-electron chi connectivity index (χ4n) is 1.97. The maximum Gasteiger partial charge on any atom is 0.308 e. The highest BCUT2D eigenvalue weighted by molar-refractivity contribution is 6.05. The van der Waals surface area contributed by atoms with Crippen molar-refractivity contribution in [1.29, 1.82) is 0 Å². The first-order valence-corrected chi connectivity index (χ1v) is 6.85. The molecule has 0 heterocycles. The SMILES string of the molecule is COc1ccc(OC)c(NC(=O)c2cccc(OC(C)=O)c2)c1. The minimum atomic E-state index is -0.447. The third-order valence-corrected chi connectivity index (χ3v) is 3.01. The van der Waals surface area contributed by atoms with Crippen LogP contribution in [0.5, 0.6) is 17.2 Å².